The number of benzene rings is 1. The molecule has 0 amide bonds. The number of fused-ring (bicyclic) bond motifs is 2. The number of aromatic amines is 1. The highest BCUT2D eigenvalue weighted by molar-refractivity contribution is 7.22. The summed E-state index contributed by atoms with van der Waals surface area (Å²) in [6, 6.07) is 14.3. The van der Waals surface area contributed by atoms with Crippen molar-refractivity contribution in [1.82, 2.24) is 19.9 Å². The van der Waals surface area contributed by atoms with Gasteiger partial charge in [-0.25, -0.2) is 9.97 Å². The van der Waals surface area contributed by atoms with E-state index in [0.29, 0.717) is 0 Å². The summed E-state index contributed by atoms with van der Waals surface area (Å²) in [6.45, 7) is 0. The van der Waals surface area contributed by atoms with Gasteiger partial charge in [-0.3, -0.25) is 4.98 Å². The Morgan fingerprint density at radius 2 is 2.04 bits per heavy atom. The average Bonchev–Trinajstić information content (AvgIpc) is 3.29. The first-order valence-electron chi connectivity index (χ1n) is 7.86. The maximum Gasteiger partial charge on any atom is 0.151 e. The predicted octanol–water partition coefficient (Wildman–Crippen LogP) is 4.98. The second-order valence-electron chi connectivity index (χ2n) is 5.69. The first kappa shape index (κ1) is 14.1. The van der Waals surface area contributed by atoms with Crippen LogP contribution in [0.25, 0.3) is 31.6 Å². The molecule has 120 valence electrons. The van der Waals surface area contributed by atoms with Crippen LogP contribution in [0.1, 0.15) is 0 Å². The van der Waals surface area contributed by atoms with Gasteiger partial charge in [0.15, 0.2) is 5.82 Å². The van der Waals surface area contributed by atoms with E-state index in [-0.39, 0.29) is 0 Å². The molecule has 5 aromatic rings. The Kier molecular flexibility index (Phi) is 3.21. The summed E-state index contributed by atoms with van der Waals surface area (Å²) >= 11 is 1.67. The van der Waals surface area contributed by atoms with Crippen molar-refractivity contribution in [2.75, 3.05) is 5.32 Å². The molecule has 5 nitrogen and oxygen atoms in total. The number of thiophene rings is 1. The highest BCUT2D eigenvalue weighted by Gasteiger charge is 2.11. The number of aromatic nitrogens is 4. The van der Waals surface area contributed by atoms with Gasteiger partial charge in [0.2, 0.25) is 0 Å². The van der Waals surface area contributed by atoms with Gasteiger partial charge in [0, 0.05) is 45.6 Å². The van der Waals surface area contributed by atoms with E-state index < -0.39 is 0 Å². The summed E-state index contributed by atoms with van der Waals surface area (Å²) in [5.74, 6) is 0.819. The Hall–Kier alpha value is -3.25. The van der Waals surface area contributed by atoms with E-state index in [0.717, 1.165) is 43.1 Å². The Balaban J connectivity index is 1.57. The number of hydrogen-bond acceptors (Lipinski definition) is 5. The number of anilines is 2. The molecule has 0 aliphatic rings. The molecule has 25 heavy (non-hydrogen) atoms. The zero-order chi connectivity index (χ0) is 16.6. The average molecular weight is 343 g/mol. The van der Waals surface area contributed by atoms with Gasteiger partial charge >= 0.3 is 0 Å². The van der Waals surface area contributed by atoms with Gasteiger partial charge in [-0.2, -0.15) is 0 Å². The number of nitrogens with one attached hydrogen (secondary N) is 2. The molecule has 0 aliphatic carbocycles. The lowest BCUT2D eigenvalue weighted by atomic mass is 10.2. The number of H-pyrrole nitrogens is 1. The van der Waals surface area contributed by atoms with Crippen LogP contribution in [-0.4, -0.2) is 19.9 Å². The molecule has 5 rings (SSSR count). The van der Waals surface area contributed by atoms with E-state index >= 15 is 0 Å². The van der Waals surface area contributed by atoms with Crippen molar-refractivity contribution in [3.8, 4) is 10.4 Å². The van der Waals surface area contributed by atoms with Gasteiger partial charge in [0.1, 0.15) is 6.33 Å². The minimum atomic E-state index is 0.819. The molecular formula is C19H13N5S. The van der Waals surface area contributed by atoms with Gasteiger partial charge in [0.05, 0.1) is 10.2 Å². The Labute approximate surface area is 147 Å². The summed E-state index contributed by atoms with van der Waals surface area (Å²) in [7, 11) is 0. The molecular weight excluding hydrogens is 330 g/mol. The fraction of sp³-hybridized carbons (Fsp3) is 0. The maximum absolute atomic E-state index is 4.44. The Morgan fingerprint density at radius 1 is 1.04 bits per heavy atom. The molecule has 2 N–H and O–H groups in total. The van der Waals surface area contributed by atoms with E-state index in [1.807, 2.05) is 24.5 Å². The van der Waals surface area contributed by atoms with Crippen LogP contribution in [0, 0.1) is 0 Å². The number of nitrogens with zero attached hydrogens (tertiary/aromatic N) is 3. The largest absolute Gasteiger partial charge is 0.361 e. The normalized spacial score (nSPS) is 11.2. The van der Waals surface area contributed by atoms with Crippen molar-refractivity contribution in [2.45, 2.75) is 0 Å². The highest BCUT2D eigenvalue weighted by atomic mass is 32.1. The van der Waals surface area contributed by atoms with E-state index in [4.69, 9.17) is 0 Å². The first-order valence-corrected chi connectivity index (χ1v) is 8.67. The summed E-state index contributed by atoms with van der Waals surface area (Å²) in [5.41, 5.74) is 4.14. The van der Waals surface area contributed by atoms with Crippen molar-refractivity contribution >= 4 is 44.0 Å². The SMILES string of the molecule is c1cncc(-c2cc3ncnc(Nc4ccc5[nH]ccc5c4)c3s2)c1. The minimum absolute atomic E-state index is 0.819. The maximum atomic E-state index is 4.44. The lowest BCUT2D eigenvalue weighted by Gasteiger charge is -2.06. The van der Waals surface area contributed by atoms with Crippen LogP contribution in [0.4, 0.5) is 11.5 Å². The van der Waals surface area contributed by atoms with Gasteiger partial charge in [-0.05, 0) is 36.4 Å². The molecule has 0 saturated carbocycles. The van der Waals surface area contributed by atoms with E-state index in [2.05, 4.69) is 55.6 Å². The summed E-state index contributed by atoms with van der Waals surface area (Å²) in [4.78, 5) is 17.4. The van der Waals surface area contributed by atoms with E-state index in [1.54, 1.807) is 23.9 Å². The van der Waals surface area contributed by atoms with Crippen LogP contribution in [0.15, 0.2) is 67.4 Å². The quantitative estimate of drug-likeness (QED) is 0.485. The zero-order valence-electron chi connectivity index (χ0n) is 13.1. The highest BCUT2D eigenvalue weighted by Crippen LogP contribution is 2.36. The van der Waals surface area contributed by atoms with Crippen molar-refractivity contribution in [3.05, 3.63) is 67.4 Å². The van der Waals surface area contributed by atoms with Crippen LogP contribution < -0.4 is 5.32 Å². The van der Waals surface area contributed by atoms with Crippen LogP contribution in [0.5, 0.6) is 0 Å². The third-order valence-electron chi connectivity index (χ3n) is 4.07. The monoisotopic (exact) mass is 343 g/mol. The smallest absolute Gasteiger partial charge is 0.151 e. The minimum Gasteiger partial charge on any atom is -0.361 e. The molecule has 1 aromatic carbocycles. The lowest BCUT2D eigenvalue weighted by molar-refractivity contribution is 1.23. The lowest BCUT2D eigenvalue weighted by Crippen LogP contribution is -1.94. The molecule has 0 radical (unpaired) electrons. The molecule has 0 spiro atoms. The van der Waals surface area contributed by atoms with E-state index in [1.165, 1.54) is 0 Å². The van der Waals surface area contributed by atoms with Gasteiger partial charge < -0.3 is 10.3 Å². The van der Waals surface area contributed by atoms with Gasteiger partial charge in [-0.15, -0.1) is 11.3 Å². The molecule has 0 atom stereocenters. The van der Waals surface area contributed by atoms with Crippen LogP contribution in [-0.2, 0) is 0 Å². The van der Waals surface area contributed by atoms with Gasteiger partial charge in [0.25, 0.3) is 0 Å². The van der Waals surface area contributed by atoms with Crippen molar-refractivity contribution < 1.29 is 0 Å². The van der Waals surface area contributed by atoms with Crippen molar-refractivity contribution in [1.29, 1.82) is 0 Å². The molecule has 0 unspecified atom stereocenters. The molecule has 6 heteroatoms. The standard InChI is InChI=1S/C19H13N5S/c1-2-13(10-20-6-1)17-9-16-18(25-17)19(23-11-22-16)24-14-3-4-15-12(8-14)5-7-21-15/h1-11,21H,(H,22,23,24). The fourth-order valence-electron chi connectivity index (χ4n) is 2.86. The molecule has 0 bridgehead atoms. The van der Waals surface area contributed by atoms with Crippen LogP contribution >= 0.6 is 11.3 Å². The Bertz CT molecular complexity index is 1180. The Morgan fingerprint density at radius 3 is 2.96 bits per heavy atom. The zero-order valence-corrected chi connectivity index (χ0v) is 13.9. The molecule has 0 fully saturated rings. The molecule has 4 aromatic heterocycles. The third-order valence-corrected chi connectivity index (χ3v) is 5.25. The second-order valence-corrected chi connectivity index (χ2v) is 6.75. The van der Waals surface area contributed by atoms with Crippen LogP contribution in [0.2, 0.25) is 0 Å². The van der Waals surface area contributed by atoms with Crippen molar-refractivity contribution in [2.24, 2.45) is 0 Å². The number of pyridine rings is 1. The summed E-state index contributed by atoms with van der Waals surface area (Å²) < 4.78 is 1.04. The summed E-state index contributed by atoms with van der Waals surface area (Å²) in [6.07, 6.45) is 7.18. The third kappa shape index (κ3) is 2.53. The van der Waals surface area contributed by atoms with Crippen LogP contribution in [0.3, 0.4) is 0 Å². The van der Waals surface area contributed by atoms with Crippen molar-refractivity contribution in [3.63, 3.8) is 0 Å². The number of hydrogen-bond donors (Lipinski definition) is 2. The van der Waals surface area contributed by atoms with E-state index in [9.17, 15) is 0 Å². The number of rotatable bonds is 3. The predicted molar refractivity (Wildman–Crippen MR) is 102 cm³/mol. The molecule has 0 aliphatic heterocycles. The fourth-order valence-corrected chi connectivity index (χ4v) is 3.91. The second kappa shape index (κ2) is 5.68. The topological polar surface area (TPSA) is 66.5 Å². The molecule has 0 saturated heterocycles. The first-order chi connectivity index (χ1) is 12.4. The summed E-state index contributed by atoms with van der Waals surface area (Å²) in [5, 5.41) is 4.59. The molecule has 4 heterocycles. The van der Waals surface area contributed by atoms with Gasteiger partial charge in [-0.1, -0.05) is 6.07 Å².